The van der Waals surface area contributed by atoms with E-state index in [9.17, 15) is 13.2 Å². The highest BCUT2D eigenvalue weighted by Gasteiger charge is 2.35. The Kier molecular flexibility index (Phi) is 4.81. The lowest BCUT2D eigenvalue weighted by Crippen LogP contribution is -2.28. The summed E-state index contributed by atoms with van der Waals surface area (Å²) in [5.41, 5.74) is 1.28. The van der Waals surface area contributed by atoms with Crippen LogP contribution >= 0.6 is 0 Å². The number of ether oxygens (including phenoxy) is 1. The Bertz CT molecular complexity index is 458. The third-order valence-electron chi connectivity index (χ3n) is 4.12. The molecule has 0 amide bonds. The van der Waals surface area contributed by atoms with E-state index < -0.39 is 6.36 Å². The van der Waals surface area contributed by atoms with Crippen molar-refractivity contribution in [3.05, 3.63) is 29.8 Å². The van der Waals surface area contributed by atoms with E-state index in [2.05, 4.69) is 23.9 Å². The maximum Gasteiger partial charge on any atom is 0.573 e. The highest BCUT2D eigenvalue weighted by molar-refractivity contribution is 5.28. The Morgan fingerprint density at radius 3 is 2.52 bits per heavy atom. The maximum absolute atomic E-state index is 12.1. The van der Waals surface area contributed by atoms with Crippen molar-refractivity contribution in [3.63, 3.8) is 0 Å². The molecule has 2 atom stereocenters. The Morgan fingerprint density at radius 1 is 1.29 bits per heavy atom. The predicted molar refractivity (Wildman–Crippen MR) is 76.3 cm³/mol. The highest BCUT2D eigenvalue weighted by Crippen LogP contribution is 2.40. The van der Waals surface area contributed by atoms with Crippen molar-refractivity contribution in [1.29, 1.82) is 0 Å². The van der Waals surface area contributed by atoms with Gasteiger partial charge < -0.3 is 10.1 Å². The van der Waals surface area contributed by atoms with Gasteiger partial charge in [-0.2, -0.15) is 0 Å². The molecule has 118 valence electrons. The molecular formula is C16H22F3NO. The first-order valence-electron chi connectivity index (χ1n) is 7.38. The van der Waals surface area contributed by atoms with Gasteiger partial charge in [-0.1, -0.05) is 26.0 Å². The molecule has 0 bridgehead atoms. The highest BCUT2D eigenvalue weighted by atomic mass is 19.4. The minimum absolute atomic E-state index is 0.159. The summed E-state index contributed by atoms with van der Waals surface area (Å²) < 4.78 is 40.2. The van der Waals surface area contributed by atoms with Gasteiger partial charge in [0.25, 0.3) is 0 Å². The van der Waals surface area contributed by atoms with Gasteiger partial charge in [0.1, 0.15) is 5.75 Å². The number of rotatable bonds is 5. The van der Waals surface area contributed by atoms with Crippen LogP contribution in [0.25, 0.3) is 0 Å². The molecule has 2 rings (SSSR count). The van der Waals surface area contributed by atoms with Gasteiger partial charge >= 0.3 is 6.36 Å². The second-order valence-corrected chi connectivity index (χ2v) is 6.18. The molecule has 1 fully saturated rings. The molecule has 1 aliphatic carbocycles. The molecule has 1 N–H and O–H groups in total. The summed E-state index contributed by atoms with van der Waals surface area (Å²) in [6.45, 7) is 5.34. The molecule has 0 heterocycles. The molecule has 5 heteroatoms. The molecule has 1 saturated carbocycles. The van der Waals surface area contributed by atoms with E-state index in [4.69, 9.17) is 0 Å². The van der Waals surface area contributed by atoms with Crippen LogP contribution in [0.5, 0.6) is 5.75 Å². The molecule has 1 aromatic rings. The monoisotopic (exact) mass is 301 g/mol. The summed E-state index contributed by atoms with van der Waals surface area (Å²) in [4.78, 5) is 0. The normalized spacial score (nSPS) is 26.0. The fourth-order valence-electron chi connectivity index (χ4n) is 3.25. The Labute approximate surface area is 123 Å². The summed E-state index contributed by atoms with van der Waals surface area (Å²) in [5, 5.41) is 3.48. The predicted octanol–water partition coefficient (Wildman–Crippen LogP) is 4.30. The summed E-state index contributed by atoms with van der Waals surface area (Å²) in [6.07, 6.45) is -0.314. The van der Waals surface area contributed by atoms with Crippen molar-refractivity contribution < 1.29 is 17.9 Å². The minimum Gasteiger partial charge on any atom is -0.406 e. The fourth-order valence-corrected chi connectivity index (χ4v) is 3.25. The van der Waals surface area contributed by atoms with Crippen LogP contribution in [0.1, 0.15) is 38.7 Å². The lowest BCUT2D eigenvalue weighted by molar-refractivity contribution is -0.274. The lowest BCUT2D eigenvalue weighted by Gasteiger charge is -2.24. The van der Waals surface area contributed by atoms with E-state index in [1.807, 2.05) is 0 Å². The van der Waals surface area contributed by atoms with Crippen molar-refractivity contribution in [3.8, 4) is 5.75 Å². The first kappa shape index (κ1) is 16.1. The fraction of sp³-hybridized carbons (Fsp3) is 0.625. The SMILES string of the molecule is CCNC1CCC(C)(Cc2ccc(OC(F)(F)F)cc2)C1. The van der Waals surface area contributed by atoms with Crippen LogP contribution in [0.3, 0.4) is 0 Å². The molecule has 0 aliphatic heterocycles. The van der Waals surface area contributed by atoms with Crippen molar-refractivity contribution >= 4 is 0 Å². The molecule has 0 saturated heterocycles. The molecule has 0 radical (unpaired) electrons. The van der Waals surface area contributed by atoms with Crippen LogP contribution in [-0.4, -0.2) is 18.9 Å². The smallest absolute Gasteiger partial charge is 0.406 e. The van der Waals surface area contributed by atoms with Crippen LogP contribution in [0.4, 0.5) is 13.2 Å². The van der Waals surface area contributed by atoms with Crippen molar-refractivity contribution in [2.75, 3.05) is 6.54 Å². The van der Waals surface area contributed by atoms with E-state index in [-0.39, 0.29) is 11.2 Å². The van der Waals surface area contributed by atoms with Gasteiger partial charge in [0.05, 0.1) is 0 Å². The van der Waals surface area contributed by atoms with E-state index in [0.29, 0.717) is 6.04 Å². The zero-order valence-electron chi connectivity index (χ0n) is 12.5. The minimum atomic E-state index is -4.63. The Hall–Kier alpha value is -1.23. The molecule has 2 nitrogen and oxygen atoms in total. The van der Waals surface area contributed by atoms with Gasteiger partial charge in [-0.15, -0.1) is 13.2 Å². The zero-order chi connectivity index (χ0) is 15.5. The van der Waals surface area contributed by atoms with Gasteiger partial charge in [0.15, 0.2) is 0 Å². The third kappa shape index (κ3) is 4.92. The van der Waals surface area contributed by atoms with E-state index in [1.165, 1.54) is 18.6 Å². The molecule has 0 spiro atoms. The quantitative estimate of drug-likeness (QED) is 0.875. The summed E-state index contributed by atoms with van der Waals surface area (Å²) in [6, 6.07) is 6.80. The number of halogens is 3. The Balaban J connectivity index is 1.94. The van der Waals surface area contributed by atoms with Crippen molar-refractivity contribution in [2.24, 2.45) is 5.41 Å². The van der Waals surface area contributed by atoms with E-state index in [1.54, 1.807) is 12.1 Å². The largest absolute Gasteiger partial charge is 0.573 e. The Morgan fingerprint density at radius 2 is 1.95 bits per heavy atom. The second-order valence-electron chi connectivity index (χ2n) is 6.18. The number of benzene rings is 1. The first-order valence-corrected chi connectivity index (χ1v) is 7.38. The van der Waals surface area contributed by atoms with Gasteiger partial charge in [-0.3, -0.25) is 0 Å². The molecule has 1 aromatic carbocycles. The van der Waals surface area contributed by atoms with Crippen LogP contribution in [0, 0.1) is 5.41 Å². The van der Waals surface area contributed by atoms with Gasteiger partial charge in [-0.25, -0.2) is 0 Å². The number of alkyl halides is 3. The summed E-state index contributed by atoms with van der Waals surface area (Å²) in [7, 11) is 0. The molecule has 2 unspecified atom stereocenters. The number of nitrogens with one attached hydrogen (secondary N) is 1. The standard InChI is InChI=1S/C16H22F3NO/c1-3-20-13-8-9-15(2,11-13)10-12-4-6-14(7-5-12)21-16(17,18)19/h4-7,13,20H,3,8-11H2,1-2H3. The average molecular weight is 301 g/mol. The molecule has 0 aromatic heterocycles. The van der Waals surface area contributed by atoms with Gasteiger partial charge in [0, 0.05) is 6.04 Å². The van der Waals surface area contributed by atoms with E-state index in [0.717, 1.165) is 31.4 Å². The van der Waals surface area contributed by atoms with Crippen molar-refractivity contribution in [1.82, 2.24) is 5.32 Å². The van der Waals surface area contributed by atoms with Crippen LogP contribution in [0.2, 0.25) is 0 Å². The zero-order valence-corrected chi connectivity index (χ0v) is 12.5. The van der Waals surface area contributed by atoms with Gasteiger partial charge in [-0.05, 0) is 55.3 Å². The van der Waals surface area contributed by atoms with Crippen molar-refractivity contribution in [2.45, 2.75) is 51.9 Å². The summed E-state index contributed by atoms with van der Waals surface area (Å²) >= 11 is 0. The third-order valence-corrected chi connectivity index (χ3v) is 4.12. The van der Waals surface area contributed by atoms with Crippen LogP contribution in [-0.2, 0) is 6.42 Å². The van der Waals surface area contributed by atoms with Gasteiger partial charge in [0.2, 0.25) is 0 Å². The topological polar surface area (TPSA) is 21.3 Å². The van der Waals surface area contributed by atoms with Crippen LogP contribution in [0.15, 0.2) is 24.3 Å². The van der Waals surface area contributed by atoms with Crippen LogP contribution < -0.4 is 10.1 Å². The first-order chi connectivity index (χ1) is 9.80. The molecule has 21 heavy (non-hydrogen) atoms. The maximum atomic E-state index is 12.1. The lowest BCUT2D eigenvalue weighted by atomic mass is 9.82. The molecular weight excluding hydrogens is 279 g/mol. The number of hydrogen-bond donors (Lipinski definition) is 1. The summed E-state index contributed by atoms with van der Waals surface area (Å²) in [5.74, 6) is -0.159. The average Bonchev–Trinajstić information content (AvgIpc) is 2.72. The number of hydrogen-bond acceptors (Lipinski definition) is 2. The second kappa shape index (κ2) is 6.26. The molecule has 1 aliphatic rings. The van der Waals surface area contributed by atoms with E-state index >= 15 is 0 Å².